The molecule has 0 atom stereocenters. The Morgan fingerprint density at radius 2 is 0.574 bits per heavy atom. The van der Waals surface area contributed by atoms with Gasteiger partial charge in [0.2, 0.25) is 0 Å². The summed E-state index contributed by atoms with van der Waals surface area (Å²) < 4.78 is 0. The Morgan fingerprint density at radius 1 is 0.315 bits per heavy atom. The molecular weight excluding hydrogens is 606 g/mol. The fourth-order valence-electron chi connectivity index (χ4n) is 8.73. The standard InChI is InChI=1S/C13H13B39N2/c14-35(15)47(36(16)17)45(48(37(18)19)38(20)21)34(11-3-1-9(2-4-11)5-10-6-12(53)8-13(54)7-10)46(49(39(22)23)40(24)25)52(50(41(26)27)42(28)29)51(43(30)31)44(32)33/h1-4,6-8H,5,53-54H2. The summed E-state index contributed by atoms with van der Waals surface area (Å²) >= 11 is 0. The lowest BCUT2D eigenvalue weighted by molar-refractivity contribution is 1.20. The highest BCUT2D eigenvalue weighted by Crippen LogP contribution is 2.21. The van der Waals surface area contributed by atoms with Crippen molar-refractivity contribution in [2.75, 3.05) is 11.5 Å². The second kappa shape index (κ2) is 22.8. The summed E-state index contributed by atoms with van der Waals surface area (Å²) in [6, 6.07) is 12.8. The van der Waals surface area contributed by atoms with Crippen molar-refractivity contribution in [3.8, 4) is 0 Å². The van der Waals surface area contributed by atoms with Gasteiger partial charge >= 0.3 is 0 Å². The SMILES string of the molecule is [B]B([B])B(B([B])[B])B(B(B([B])[B])B([B])[B])B(B(B([B])[B])B([B])[B])B(B(B(B([B])[B])B([B])[B])B(B([B])[B])B([B])[B])c1ccc(Cc2cc(N)cc(N)c2)cc1. The van der Waals surface area contributed by atoms with Crippen molar-refractivity contribution >= 4 is 293 Å². The maximum absolute atomic E-state index is 6.57. The van der Waals surface area contributed by atoms with Crippen molar-refractivity contribution < 1.29 is 0 Å². The van der Waals surface area contributed by atoms with Gasteiger partial charge in [-0.05, 0) is 35.7 Å². The lowest BCUT2D eigenvalue weighted by Crippen LogP contribution is -2.92. The quantitative estimate of drug-likeness (QED) is 0.108. The fraction of sp³-hybridized carbons (Fsp3) is 0.0769. The molecule has 40 radical (unpaired) electrons. The van der Waals surface area contributed by atoms with E-state index in [0.717, 1.165) is 11.1 Å². The summed E-state index contributed by atoms with van der Waals surface area (Å²) in [7, 11) is 130. The molecule has 0 heterocycles. The van der Waals surface area contributed by atoms with Crippen molar-refractivity contribution in [2.24, 2.45) is 0 Å². The molecule has 0 saturated carbocycles. The first-order valence-corrected chi connectivity index (χ1v) is 17.8. The second-order valence-electron chi connectivity index (χ2n) is 14.8. The minimum atomic E-state index is -1.24. The van der Waals surface area contributed by atoms with Crippen molar-refractivity contribution in [2.45, 2.75) is 6.42 Å². The summed E-state index contributed by atoms with van der Waals surface area (Å²) in [6.07, 6.45) is -20.0. The normalized spacial score (nSPS) is 10.1. The third kappa shape index (κ3) is 13.3. The van der Waals surface area contributed by atoms with Gasteiger partial charge in [0.1, 0.15) is 0 Å². The minimum absolute atomic E-state index is 0.464. The van der Waals surface area contributed by atoms with Gasteiger partial charge in [0.05, 0.1) is 6.49 Å². The molecule has 0 amide bonds. The molecule has 0 bridgehead atoms. The van der Waals surface area contributed by atoms with Crippen LogP contribution < -0.4 is 16.9 Å². The summed E-state index contributed by atoms with van der Waals surface area (Å²) in [5.41, 5.74) is 15.5. The number of anilines is 2. The van der Waals surface area contributed by atoms with Crippen LogP contribution in [0.1, 0.15) is 11.1 Å². The van der Waals surface area contributed by atoms with Gasteiger partial charge in [0.25, 0.3) is 0 Å². The number of hydrogen-bond acceptors (Lipinski definition) is 2. The van der Waals surface area contributed by atoms with E-state index in [4.69, 9.17) is 166 Å². The van der Waals surface area contributed by atoms with E-state index in [1.54, 1.807) is 6.07 Å². The van der Waals surface area contributed by atoms with E-state index in [1.165, 1.54) is 0 Å². The highest BCUT2D eigenvalue weighted by Gasteiger charge is 2.57. The lowest BCUT2D eigenvalue weighted by Gasteiger charge is -2.53. The largest absolute Gasteiger partial charge is 0.399 e. The molecule has 0 aliphatic carbocycles. The Kier molecular flexibility index (Phi) is 21.4. The Labute approximate surface area is 362 Å². The fourth-order valence-corrected chi connectivity index (χ4v) is 8.73. The van der Waals surface area contributed by atoms with Crippen molar-refractivity contribution in [1.29, 1.82) is 0 Å². The van der Waals surface area contributed by atoms with E-state index < -0.39 is 121 Å². The zero-order chi connectivity index (χ0) is 41.5. The average Bonchev–Trinajstić information content (AvgIpc) is 2.98. The number of nitrogen functional groups attached to an aromatic ring is 2. The van der Waals surface area contributed by atoms with E-state index in [2.05, 4.69) is 0 Å². The molecule has 192 valence electrons. The van der Waals surface area contributed by atoms with Crippen LogP contribution in [0.15, 0.2) is 42.5 Å². The molecule has 54 heavy (non-hydrogen) atoms. The van der Waals surface area contributed by atoms with Gasteiger partial charge in [-0.15, -0.1) is 0 Å². The van der Waals surface area contributed by atoms with Crippen LogP contribution in [0.2, 0.25) is 0 Å². The van der Waals surface area contributed by atoms with Crippen LogP contribution in [0.5, 0.6) is 0 Å². The second-order valence-corrected chi connectivity index (χ2v) is 14.8. The van der Waals surface area contributed by atoms with Crippen molar-refractivity contribution in [1.82, 2.24) is 0 Å². The topological polar surface area (TPSA) is 52.0 Å². The number of benzene rings is 2. The van der Waals surface area contributed by atoms with Crippen LogP contribution in [0.25, 0.3) is 0 Å². The van der Waals surface area contributed by atoms with Crippen molar-refractivity contribution in [3.63, 3.8) is 0 Å². The molecule has 0 aliphatic rings. The molecule has 4 N–H and O–H groups in total. The smallest absolute Gasteiger partial charge is 0.0804 e. The van der Waals surface area contributed by atoms with Crippen LogP contribution in [0.3, 0.4) is 0 Å². The molecule has 0 spiro atoms. The van der Waals surface area contributed by atoms with Gasteiger partial charge in [0.15, 0.2) is 0 Å². The molecule has 0 unspecified atom stereocenters. The molecule has 0 fully saturated rings. The molecule has 2 rings (SSSR count). The molecule has 41 heteroatoms. The minimum Gasteiger partial charge on any atom is -0.399 e. The first kappa shape index (κ1) is 50.7. The Balaban J connectivity index is 3.31. The molecular formula is C13H13B39N2. The molecule has 0 aromatic heterocycles. The van der Waals surface area contributed by atoms with E-state index >= 15 is 0 Å². The van der Waals surface area contributed by atoms with Crippen LogP contribution in [-0.2, 0) is 6.42 Å². The number of nitrogens with two attached hydrogens (primary N) is 2. The summed E-state index contributed by atoms with van der Waals surface area (Å²) in [5.74, 6) is 0. The van der Waals surface area contributed by atoms with E-state index in [1.807, 2.05) is 36.4 Å². The predicted octanol–water partition coefficient (Wildman–Crippen LogP) is -13.2. The Hall–Kier alpha value is 0.572. The van der Waals surface area contributed by atoms with Crippen LogP contribution in [0, 0.1) is 0 Å². The third-order valence-electron chi connectivity index (χ3n) is 10.8. The van der Waals surface area contributed by atoms with Crippen LogP contribution in [-0.4, -0.2) is 276 Å². The van der Waals surface area contributed by atoms with Crippen molar-refractivity contribution in [3.05, 3.63) is 53.6 Å². The molecule has 2 aromatic rings. The maximum atomic E-state index is 6.57. The lowest BCUT2D eigenvalue weighted by atomic mass is 8.30. The molecule has 0 saturated heterocycles. The zero-order valence-corrected chi connectivity index (χ0v) is 30.9. The summed E-state index contributed by atoms with van der Waals surface area (Å²) in [4.78, 5) is 0. The summed E-state index contributed by atoms with van der Waals surface area (Å²) in [6.45, 7) is -0.968. The predicted molar refractivity (Wildman–Crippen MR) is 289 cm³/mol. The van der Waals surface area contributed by atoms with Gasteiger partial charge < -0.3 is 11.5 Å². The first-order valence-electron chi connectivity index (χ1n) is 17.8. The first-order chi connectivity index (χ1) is 24.9. The number of rotatable bonds is 21. The van der Waals surface area contributed by atoms with Gasteiger partial charge in [-0.1, -0.05) is 29.7 Å². The van der Waals surface area contributed by atoms with Gasteiger partial charge in [-0.2, -0.15) is 0 Å². The van der Waals surface area contributed by atoms with Gasteiger partial charge in [-0.25, -0.2) is 0 Å². The highest BCUT2D eigenvalue weighted by molar-refractivity contribution is 8.29. The monoisotopic (exact) mass is 626 g/mol. The average molecular weight is 619 g/mol. The maximum Gasteiger partial charge on any atom is 0.0804 e. The Morgan fingerprint density at radius 3 is 0.852 bits per heavy atom. The van der Waals surface area contributed by atoms with Gasteiger partial charge in [-0.3, -0.25) is 0 Å². The molecule has 2 nitrogen and oxygen atoms in total. The zero-order valence-electron chi connectivity index (χ0n) is 30.9. The van der Waals surface area contributed by atoms with Gasteiger partial charge in [0, 0.05) is 281 Å². The molecule has 2 aromatic carbocycles. The van der Waals surface area contributed by atoms with E-state index in [0.29, 0.717) is 23.3 Å². The Bertz CT molecular complexity index is 1280. The number of hydrogen-bond donors (Lipinski definition) is 2. The van der Waals surface area contributed by atoms with Crippen LogP contribution >= 0.6 is 0 Å². The third-order valence-corrected chi connectivity index (χ3v) is 10.8. The molecule has 0 aliphatic heterocycles. The van der Waals surface area contributed by atoms with Crippen LogP contribution in [0.4, 0.5) is 11.4 Å². The van der Waals surface area contributed by atoms with E-state index in [-0.39, 0.29) is 0 Å². The summed E-state index contributed by atoms with van der Waals surface area (Å²) in [5, 5.41) is 0. The van der Waals surface area contributed by atoms with E-state index in [9.17, 15) is 0 Å². The highest BCUT2D eigenvalue weighted by atomic mass is 14.6.